The van der Waals surface area contributed by atoms with Crippen LogP contribution in [0.2, 0.25) is 5.02 Å². The van der Waals surface area contributed by atoms with E-state index >= 15 is 0 Å². The lowest BCUT2D eigenvalue weighted by Crippen LogP contribution is -2.04. The first-order chi connectivity index (χ1) is 6.13. The molecule has 0 aromatic heterocycles. The molecule has 0 amide bonds. The molecule has 1 aromatic rings. The third kappa shape index (κ3) is 3.55. The van der Waals surface area contributed by atoms with Crippen molar-refractivity contribution in [2.24, 2.45) is 0 Å². The Morgan fingerprint density at radius 1 is 1.43 bits per heavy atom. The number of halogens is 4. The number of alkyl halides is 2. The van der Waals surface area contributed by atoms with Gasteiger partial charge in [0.1, 0.15) is 5.75 Å². The Kier molecular flexibility index (Phi) is 5.57. The standard InChI is InChI=1S/C8H8ClF2NO.ClH/c1-12-6-4-5(9)2-3-7(6)13-8(10)11;/h2-4,8,12H,1H3;1H. The Balaban J connectivity index is 0.00000169. The fourth-order valence-electron chi connectivity index (χ4n) is 0.896. The molecule has 6 heteroatoms. The van der Waals surface area contributed by atoms with E-state index in [0.717, 1.165) is 0 Å². The van der Waals surface area contributed by atoms with E-state index in [1.54, 1.807) is 7.05 Å². The van der Waals surface area contributed by atoms with E-state index in [4.69, 9.17) is 11.6 Å². The van der Waals surface area contributed by atoms with Gasteiger partial charge in [-0.15, -0.1) is 12.4 Å². The Morgan fingerprint density at radius 3 is 2.57 bits per heavy atom. The van der Waals surface area contributed by atoms with Crippen LogP contribution in [0.4, 0.5) is 14.5 Å². The lowest BCUT2D eigenvalue weighted by atomic mass is 10.3. The smallest absolute Gasteiger partial charge is 0.387 e. The summed E-state index contributed by atoms with van der Waals surface area (Å²) in [6.45, 7) is -2.83. The third-order valence-electron chi connectivity index (χ3n) is 1.43. The Labute approximate surface area is 91.6 Å². The normalized spacial score (nSPS) is 9.50. The number of hydrogen-bond donors (Lipinski definition) is 1. The van der Waals surface area contributed by atoms with Crippen LogP contribution in [0.1, 0.15) is 0 Å². The monoisotopic (exact) mass is 243 g/mol. The lowest BCUT2D eigenvalue weighted by molar-refractivity contribution is -0.0493. The highest BCUT2D eigenvalue weighted by atomic mass is 35.5. The molecule has 2 nitrogen and oxygen atoms in total. The van der Waals surface area contributed by atoms with Crippen molar-refractivity contribution in [1.82, 2.24) is 0 Å². The van der Waals surface area contributed by atoms with Crippen LogP contribution in [0.5, 0.6) is 5.75 Å². The number of nitrogens with one attached hydrogen (secondary N) is 1. The van der Waals surface area contributed by atoms with Gasteiger partial charge in [0.15, 0.2) is 0 Å². The number of anilines is 1. The van der Waals surface area contributed by atoms with Gasteiger partial charge in [0.2, 0.25) is 0 Å². The average molecular weight is 244 g/mol. The van der Waals surface area contributed by atoms with Gasteiger partial charge in [0, 0.05) is 12.1 Å². The summed E-state index contributed by atoms with van der Waals surface area (Å²) in [4.78, 5) is 0. The third-order valence-corrected chi connectivity index (χ3v) is 1.66. The molecule has 0 atom stereocenters. The first-order valence-electron chi connectivity index (χ1n) is 3.55. The maximum absolute atomic E-state index is 11.9. The molecule has 0 aliphatic heterocycles. The van der Waals surface area contributed by atoms with Gasteiger partial charge in [-0.05, 0) is 18.2 Å². The highest BCUT2D eigenvalue weighted by molar-refractivity contribution is 6.30. The molecule has 0 radical (unpaired) electrons. The summed E-state index contributed by atoms with van der Waals surface area (Å²) in [5, 5.41) is 3.16. The van der Waals surface area contributed by atoms with E-state index in [-0.39, 0.29) is 18.2 Å². The average Bonchev–Trinajstić information content (AvgIpc) is 2.07. The van der Waals surface area contributed by atoms with Crippen molar-refractivity contribution in [1.29, 1.82) is 0 Å². The first-order valence-corrected chi connectivity index (χ1v) is 3.93. The lowest BCUT2D eigenvalue weighted by Gasteiger charge is -2.09. The highest BCUT2D eigenvalue weighted by Gasteiger charge is 2.08. The molecule has 0 heterocycles. The van der Waals surface area contributed by atoms with Gasteiger partial charge in [-0.1, -0.05) is 11.6 Å². The van der Waals surface area contributed by atoms with Crippen molar-refractivity contribution in [3.8, 4) is 5.75 Å². The van der Waals surface area contributed by atoms with Crippen molar-refractivity contribution in [3.63, 3.8) is 0 Å². The van der Waals surface area contributed by atoms with Crippen LogP contribution in [0.3, 0.4) is 0 Å². The van der Waals surface area contributed by atoms with Gasteiger partial charge in [-0.2, -0.15) is 8.78 Å². The molecule has 0 saturated carbocycles. The van der Waals surface area contributed by atoms with Crippen LogP contribution in [-0.2, 0) is 0 Å². The van der Waals surface area contributed by atoms with E-state index in [1.165, 1.54) is 18.2 Å². The molecule has 0 saturated heterocycles. The van der Waals surface area contributed by atoms with Crippen LogP contribution in [0, 0.1) is 0 Å². The molecular formula is C8H9Cl2F2NO. The van der Waals surface area contributed by atoms with Gasteiger partial charge in [0.05, 0.1) is 5.69 Å². The predicted octanol–water partition coefficient (Wildman–Crippen LogP) is 3.40. The Morgan fingerprint density at radius 2 is 2.07 bits per heavy atom. The van der Waals surface area contributed by atoms with Gasteiger partial charge in [0.25, 0.3) is 0 Å². The SMILES string of the molecule is CNc1cc(Cl)ccc1OC(F)F.Cl. The molecule has 1 N–H and O–H groups in total. The first kappa shape index (κ1) is 13.3. The fourth-order valence-corrected chi connectivity index (χ4v) is 1.07. The van der Waals surface area contributed by atoms with Crippen LogP contribution < -0.4 is 10.1 Å². The van der Waals surface area contributed by atoms with Crippen molar-refractivity contribution in [2.45, 2.75) is 6.61 Å². The quantitative estimate of drug-likeness (QED) is 0.879. The zero-order valence-electron chi connectivity index (χ0n) is 7.26. The van der Waals surface area contributed by atoms with Crippen LogP contribution in [0.25, 0.3) is 0 Å². The van der Waals surface area contributed by atoms with E-state index in [9.17, 15) is 8.78 Å². The molecule has 1 aromatic carbocycles. The Hall–Kier alpha value is -0.740. The largest absolute Gasteiger partial charge is 0.433 e. The summed E-state index contributed by atoms with van der Waals surface area (Å²) >= 11 is 5.65. The summed E-state index contributed by atoms with van der Waals surface area (Å²) in [5.41, 5.74) is 0.438. The number of benzene rings is 1. The maximum Gasteiger partial charge on any atom is 0.387 e. The summed E-state index contributed by atoms with van der Waals surface area (Å²) < 4.78 is 27.9. The summed E-state index contributed by atoms with van der Waals surface area (Å²) in [6.07, 6.45) is 0. The van der Waals surface area contributed by atoms with E-state index in [0.29, 0.717) is 10.7 Å². The second-order valence-corrected chi connectivity index (χ2v) is 2.71. The topological polar surface area (TPSA) is 21.3 Å². The van der Waals surface area contributed by atoms with Gasteiger partial charge < -0.3 is 10.1 Å². The number of rotatable bonds is 3. The van der Waals surface area contributed by atoms with Crippen molar-refractivity contribution in [3.05, 3.63) is 23.2 Å². The second kappa shape index (κ2) is 5.88. The molecule has 14 heavy (non-hydrogen) atoms. The molecule has 0 bridgehead atoms. The highest BCUT2D eigenvalue weighted by Crippen LogP contribution is 2.28. The van der Waals surface area contributed by atoms with E-state index in [1.807, 2.05) is 0 Å². The summed E-state index contributed by atoms with van der Waals surface area (Å²) in [7, 11) is 1.60. The zero-order chi connectivity index (χ0) is 9.84. The van der Waals surface area contributed by atoms with E-state index in [2.05, 4.69) is 10.1 Å². The summed E-state index contributed by atoms with van der Waals surface area (Å²) in [6, 6.07) is 4.39. The van der Waals surface area contributed by atoms with Gasteiger partial charge in [-0.3, -0.25) is 0 Å². The van der Waals surface area contributed by atoms with Crippen LogP contribution in [-0.4, -0.2) is 13.7 Å². The van der Waals surface area contributed by atoms with E-state index < -0.39 is 6.61 Å². The molecule has 0 aliphatic carbocycles. The minimum atomic E-state index is -2.83. The molecule has 0 unspecified atom stereocenters. The van der Waals surface area contributed by atoms with Gasteiger partial charge in [-0.25, -0.2) is 0 Å². The predicted molar refractivity (Wildman–Crippen MR) is 54.9 cm³/mol. The maximum atomic E-state index is 11.9. The van der Waals surface area contributed by atoms with Crippen LogP contribution >= 0.6 is 24.0 Å². The van der Waals surface area contributed by atoms with Crippen molar-refractivity contribution >= 4 is 29.7 Å². The molecule has 0 spiro atoms. The van der Waals surface area contributed by atoms with Gasteiger partial charge >= 0.3 is 6.61 Å². The van der Waals surface area contributed by atoms with Crippen molar-refractivity contribution in [2.75, 3.05) is 12.4 Å². The molecular weight excluding hydrogens is 235 g/mol. The number of ether oxygens (including phenoxy) is 1. The van der Waals surface area contributed by atoms with Crippen molar-refractivity contribution < 1.29 is 13.5 Å². The fraction of sp³-hybridized carbons (Fsp3) is 0.250. The molecule has 1 rings (SSSR count). The molecule has 0 aliphatic rings. The van der Waals surface area contributed by atoms with Crippen LogP contribution in [0.15, 0.2) is 18.2 Å². The minimum Gasteiger partial charge on any atom is -0.433 e. The summed E-state index contributed by atoms with van der Waals surface area (Å²) in [5.74, 6) is 0.0851. The second-order valence-electron chi connectivity index (χ2n) is 2.27. The number of hydrogen-bond acceptors (Lipinski definition) is 2. The minimum absolute atomic E-state index is 0. The molecule has 80 valence electrons. The molecule has 0 fully saturated rings. The zero-order valence-corrected chi connectivity index (χ0v) is 8.83. The Bertz CT molecular complexity index is 297.